The van der Waals surface area contributed by atoms with Gasteiger partial charge in [0.15, 0.2) is 11.6 Å². The summed E-state index contributed by atoms with van der Waals surface area (Å²) in [5, 5.41) is 7.13. The molecule has 0 saturated carbocycles. The van der Waals surface area contributed by atoms with Crippen LogP contribution >= 0.6 is 0 Å². The monoisotopic (exact) mass is 344 g/mol. The summed E-state index contributed by atoms with van der Waals surface area (Å²) in [6.45, 7) is 1.65. The highest BCUT2D eigenvalue weighted by atomic mass is 19.1. The van der Waals surface area contributed by atoms with Crippen molar-refractivity contribution >= 4 is 0 Å². The number of ether oxygens (including phenoxy) is 2. The lowest BCUT2D eigenvalue weighted by Crippen LogP contribution is -2.45. The van der Waals surface area contributed by atoms with Crippen LogP contribution in [-0.4, -0.2) is 26.8 Å². The number of benzene rings is 2. The van der Waals surface area contributed by atoms with E-state index in [1.165, 1.54) is 7.11 Å². The summed E-state index contributed by atoms with van der Waals surface area (Å²) in [4.78, 5) is 0. The molecule has 1 aliphatic rings. The van der Waals surface area contributed by atoms with E-state index in [4.69, 9.17) is 9.47 Å². The first kappa shape index (κ1) is 17.7. The minimum atomic E-state index is -0.323. The largest absolute Gasteiger partial charge is 0.496 e. The van der Waals surface area contributed by atoms with Crippen molar-refractivity contribution in [2.45, 2.75) is 31.5 Å². The maximum absolute atomic E-state index is 14.1. The number of rotatable bonds is 6. The van der Waals surface area contributed by atoms with Crippen LogP contribution in [-0.2, 0) is 6.54 Å². The number of methoxy groups -OCH3 is 2. The Balaban J connectivity index is 1.74. The molecule has 0 aromatic heterocycles. The van der Waals surface area contributed by atoms with Crippen molar-refractivity contribution in [2.24, 2.45) is 0 Å². The van der Waals surface area contributed by atoms with Gasteiger partial charge in [0.25, 0.3) is 0 Å². The number of nitrogens with one attached hydrogen (secondary N) is 2. The van der Waals surface area contributed by atoms with Crippen LogP contribution in [0.5, 0.6) is 11.5 Å². The molecular formula is C20H25FN2O2. The first-order chi connectivity index (χ1) is 12.2. The van der Waals surface area contributed by atoms with Gasteiger partial charge in [0, 0.05) is 24.2 Å². The lowest BCUT2D eigenvalue weighted by molar-refractivity contribution is 0.301. The summed E-state index contributed by atoms with van der Waals surface area (Å²) in [6.07, 6.45) is 2.14. The summed E-state index contributed by atoms with van der Waals surface area (Å²) in [7, 11) is 3.17. The van der Waals surface area contributed by atoms with E-state index < -0.39 is 0 Å². The zero-order valence-electron chi connectivity index (χ0n) is 14.7. The molecule has 1 aliphatic heterocycles. The molecule has 0 aliphatic carbocycles. The van der Waals surface area contributed by atoms with Crippen LogP contribution in [0.4, 0.5) is 4.39 Å². The van der Waals surface area contributed by atoms with Crippen molar-refractivity contribution in [3.8, 4) is 11.5 Å². The van der Waals surface area contributed by atoms with E-state index >= 15 is 0 Å². The van der Waals surface area contributed by atoms with Gasteiger partial charge >= 0.3 is 0 Å². The van der Waals surface area contributed by atoms with Crippen LogP contribution in [0.15, 0.2) is 42.5 Å². The highest BCUT2D eigenvalue weighted by molar-refractivity contribution is 5.34. The molecule has 1 saturated heterocycles. The summed E-state index contributed by atoms with van der Waals surface area (Å²) >= 11 is 0. The average molecular weight is 344 g/mol. The molecule has 2 aromatic rings. The second-order valence-corrected chi connectivity index (χ2v) is 6.27. The minimum Gasteiger partial charge on any atom is -0.496 e. The zero-order chi connectivity index (χ0) is 17.6. The van der Waals surface area contributed by atoms with Gasteiger partial charge in [-0.1, -0.05) is 24.3 Å². The molecule has 5 heteroatoms. The van der Waals surface area contributed by atoms with Gasteiger partial charge in [-0.2, -0.15) is 0 Å². The van der Waals surface area contributed by atoms with Crippen LogP contribution in [0.3, 0.4) is 0 Å². The second-order valence-electron chi connectivity index (χ2n) is 6.27. The Morgan fingerprint density at radius 2 is 1.92 bits per heavy atom. The van der Waals surface area contributed by atoms with Gasteiger partial charge in [-0.05, 0) is 43.1 Å². The Hall–Kier alpha value is -2.11. The second kappa shape index (κ2) is 8.32. The summed E-state index contributed by atoms with van der Waals surface area (Å²) in [6, 6.07) is 13.5. The molecule has 0 radical (unpaired) electrons. The number of hydrogen-bond donors (Lipinski definition) is 2. The zero-order valence-corrected chi connectivity index (χ0v) is 14.7. The Kier molecular flexibility index (Phi) is 5.89. The molecule has 0 bridgehead atoms. The fraction of sp³-hybridized carbons (Fsp3) is 0.400. The Morgan fingerprint density at radius 3 is 2.68 bits per heavy atom. The molecule has 2 N–H and O–H groups in total. The van der Waals surface area contributed by atoms with Crippen LogP contribution in [0.25, 0.3) is 0 Å². The molecule has 0 amide bonds. The lowest BCUT2D eigenvalue weighted by atomic mass is 9.92. The van der Waals surface area contributed by atoms with Crippen LogP contribution in [0, 0.1) is 5.82 Å². The van der Waals surface area contributed by atoms with Crippen molar-refractivity contribution in [1.29, 1.82) is 0 Å². The average Bonchev–Trinajstić information content (AvgIpc) is 2.66. The number of halogens is 1. The van der Waals surface area contributed by atoms with Gasteiger partial charge in [-0.25, -0.2) is 4.39 Å². The smallest absolute Gasteiger partial charge is 0.165 e. The molecule has 1 fully saturated rings. The third kappa shape index (κ3) is 4.11. The third-order valence-corrected chi connectivity index (χ3v) is 4.74. The topological polar surface area (TPSA) is 42.5 Å². The van der Waals surface area contributed by atoms with E-state index in [0.29, 0.717) is 6.54 Å². The van der Waals surface area contributed by atoms with Gasteiger partial charge in [0.2, 0.25) is 0 Å². The molecule has 2 aromatic carbocycles. The van der Waals surface area contributed by atoms with Crippen LogP contribution < -0.4 is 20.1 Å². The predicted molar refractivity (Wildman–Crippen MR) is 96.6 cm³/mol. The van der Waals surface area contributed by atoms with Crippen molar-refractivity contribution in [3.05, 3.63) is 59.4 Å². The van der Waals surface area contributed by atoms with Gasteiger partial charge in [0.05, 0.1) is 14.2 Å². The number of piperidine rings is 1. The Bertz CT molecular complexity index is 708. The minimum absolute atomic E-state index is 0.0730. The number of hydrogen-bond acceptors (Lipinski definition) is 4. The van der Waals surface area contributed by atoms with Crippen LogP contribution in [0.1, 0.15) is 30.0 Å². The fourth-order valence-corrected chi connectivity index (χ4v) is 3.42. The molecule has 3 rings (SSSR count). The molecule has 2 atom stereocenters. The van der Waals surface area contributed by atoms with E-state index in [9.17, 15) is 4.39 Å². The standard InChI is InChI=1S/C20H25FN2O2/c1-24-18-8-4-3-6-15(18)13-23-17-7-5-11-22-20(17)14-9-10-19(25-2)16(21)12-14/h3-4,6,8-10,12,17,20,22-23H,5,7,11,13H2,1-2H3. The lowest BCUT2D eigenvalue weighted by Gasteiger charge is -2.34. The fourth-order valence-electron chi connectivity index (χ4n) is 3.42. The van der Waals surface area contributed by atoms with E-state index in [-0.39, 0.29) is 23.7 Å². The number of para-hydroxylation sites is 1. The summed E-state index contributed by atoms with van der Waals surface area (Å²) < 4.78 is 24.5. The van der Waals surface area contributed by atoms with E-state index in [1.807, 2.05) is 24.3 Å². The van der Waals surface area contributed by atoms with E-state index in [1.54, 1.807) is 19.2 Å². The van der Waals surface area contributed by atoms with Gasteiger partial charge < -0.3 is 20.1 Å². The molecule has 25 heavy (non-hydrogen) atoms. The van der Waals surface area contributed by atoms with Gasteiger partial charge in [-0.15, -0.1) is 0 Å². The Morgan fingerprint density at radius 1 is 1.12 bits per heavy atom. The van der Waals surface area contributed by atoms with Crippen molar-refractivity contribution in [3.63, 3.8) is 0 Å². The summed E-state index contributed by atoms with van der Waals surface area (Å²) in [5.41, 5.74) is 2.06. The summed E-state index contributed by atoms with van der Waals surface area (Å²) in [5.74, 6) is 0.833. The van der Waals surface area contributed by atoms with Crippen molar-refractivity contribution < 1.29 is 13.9 Å². The Labute approximate surface area is 148 Å². The first-order valence-electron chi connectivity index (χ1n) is 8.65. The SMILES string of the molecule is COc1ccc(C2NCCCC2NCc2ccccc2OC)cc1F. The predicted octanol–water partition coefficient (Wildman–Crippen LogP) is 3.43. The quantitative estimate of drug-likeness (QED) is 0.843. The molecule has 1 heterocycles. The van der Waals surface area contributed by atoms with E-state index in [2.05, 4.69) is 16.7 Å². The van der Waals surface area contributed by atoms with E-state index in [0.717, 1.165) is 36.3 Å². The van der Waals surface area contributed by atoms with Crippen molar-refractivity contribution in [2.75, 3.05) is 20.8 Å². The molecule has 2 unspecified atom stereocenters. The maximum atomic E-state index is 14.1. The van der Waals surface area contributed by atoms with Crippen molar-refractivity contribution in [1.82, 2.24) is 10.6 Å². The molecule has 4 nitrogen and oxygen atoms in total. The molecular weight excluding hydrogens is 319 g/mol. The normalized spacial score (nSPS) is 20.3. The molecule has 0 spiro atoms. The van der Waals surface area contributed by atoms with Gasteiger partial charge in [0.1, 0.15) is 5.75 Å². The highest BCUT2D eigenvalue weighted by Crippen LogP contribution is 2.28. The molecule has 134 valence electrons. The third-order valence-electron chi connectivity index (χ3n) is 4.74. The first-order valence-corrected chi connectivity index (χ1v) is 8.65. The maximum Gasteiger partial charge on any atom is 0.165 e. The van der Waals surface area contributed by atoms with Crippen LogP contribution in [0.2, 0.25) is 0 Å². The highest BCUT2D eigenvalue weighted by Gasteiger charge is 2.26. The van der Waals surface area contributed by atoms with Gasteiger partial charge in [-0.3, -0.25) is 0 Å².